The first kappa shape index (κ1) is 21.0. The van der Waals surface area contributed by atoms with E-state index < -0.39 is 0 Å². The van der Waals surface area contributed by atoms with Crippen LogP contribution in [0.1, 0.15) is 37.3 Å². The lowest BCUT2D eigenvalue weighted by Crippen LogP contribution is -2.36. The molecule has 0 aromatic heterocycles. The zero-order chi connectivity index (χ0) is 20.8. The highest BCUT2D eigenvalue weighted by Gasteiger charge is 2.31. The molecule has 1 N–H and O–H groups in total. The predicted molar refractivity (Wildman–Crippen MR) is 116 cm³/mol. The van der Waals surface area contributed by atoms with Crippen molar-refractivity contribution in [3.63, 3.8) is 0 Å². The van der Waals surface area contributed by atoms with Crippen LogP contribution in [0.3, 0.4) is 0 Å². The maximum absolute atomic E-state index is 12.3. The Morgan fingerprint density at radius 1 is 1.31 bits per heavy atom. The summed E-state index contributed by atoms with van der Waals surface area (Å²) in [5.41, 5.74) is 4.36. The molecule has 6 nitrogen and oxygen atoms in total. The maximum atomic E-state index is 12.3. The minimum absolute atomic E-state index is 0.00660. The van der Waals surface area contributed by atoms with Gasteiger partial charge in [0.2, 0.25) is 5.91 Å². The van der Waals surface area contributed by atoms with Crippen LogP contribution in [0, 0.1) is 0 Å². The quantitative estimate of drug-likeness (QED) is 0.508. The molecule has 1 heterocycles. The first-order valence-corrected chi connectivity index (χ1v) is 10.3. The van der Waals surface area contributed by atoms with Crippen LogP contribution < -0.4 is 10.2 Å². The molecule has 29 heavy (non-hydrogen) atoms. The lowest BCUT2D eigenvalue weighted by Gasteiger charge is -2.15. The van der Waals surface area contributed by atoms with Gasteiger partial charge in [-0.15, -0.1) is 0 Å². The minimum Gasteiger partial charge on any atom is -0.490 e. The summed E-state index contributed by atoms with van der Waals surface area (Å²) in [6.45, 7) is 4.42. The average Bonchev–Trinajstić information content (AvgIpc) is 3.04. The molecule has 2 amide bonds. The van der Waals surface area contributed by atoms with Crippen molar-refractivity contribution in [3.8, 4) is 5.75 Å². The van der Waals surface area contributed by atoms with Gasteiger partial charge < -0.3 is 9.64 Å². The molecule has 0 saturated carbocycles. The Kier molecular flexibility index (Phi) is 7.04. The number of benzene rings is 2. The van der Waals surface area contributed by atoms with E-state index in [0.717, 1.165) is 15.6 Å². The molecule has 0 unspecified atom stereocenters. The topological polar surface area (TPSA) is 71.0 Å². The number of rotatable bonds is 7. The van der Waals surface area contributed by atoms with E-state index in [9.17, 15) is 9.59 Å². The minimum atomic E-state index is -0.329. The number of hydrogen-bond acceptors (Lipinski definition) is 4. The number of carbonyl (C=O) groups is 2. The predicted octanol–water partition coefficient (Wildman–Crippen LogP) is 3.70. The van der Waals surface area contributed by atoms with Crippen LogP contribution in [0.15, 0.2) is 58.1 Å². The first-order valence-electron chi connectivity index (χ1n) is 9.53. The van der Waals surface area contributed by atoms with Gasteiger partial charge in [0.1, 0.15) is 12.3 Å². The zero-order valence-corrected chi connectivity index (χ0v) is 18.1. The Morgan fingerprint density at radius 3 is 2.79 bits per heavy atom. The second-order valence-electron chi connectivity index (χ2n) is 7.23. The third kappa shape index (κ3) is 5.90. The fraction of sp³-hybridized carbons (Fsp3) is 0.318. The van der Waals surface area contributed by atoms with E-state index in [1.165, 1.54) is 0 Å². The third-order valence-corrected chi connectivity index (χ3v) is 5.04. The van der Waals surface area contributed by atoms with Crippen molar-refractivity contribution in [2.75, 3.05) is 13.1 Å². The molecule has 7 heteroatoms. The van der Waals surface area contributed by atoms with E-state index in [4.69, 9.17) is 4.74 Å². The van der Waals surface area contributed by atoms with E-state index in [-0.39, 0.29) is 30.4 Å². The fourth-order valence-electron chi connectivity index (χ4n) is 3.24. The van der Waals surface area contributed by atoms with Gasteiger partial charge in [-0.25, -0.2) is 5.43 Å². The van der Waals surface area contributed by atoms with Crippen LogP contribution in [0.5, 0.6) is 5.75 Å². The van der Waals surface area contributed by atoms with Crippen molar-refractivity contribution in [2.24, 2.45) is 5.10 Å². The van der Waals surface area contributed by atoms with E-state index in [0.29, 0.717) is 18.7 Å². The van der Waals surface area contributed by atoms with Crippen LogP contribution in [-0.2, 0) is 9.59 Å². The molecule has 1 saturated heterocycles. The number of nitrogens with one attached hydrogen (secondary N) is 1. The van der Waals surface area contributed by atoms with Crippen molar-refractivity contribution in [2.45, 2.75) is 32.3 Å². The number of likely N-dealkylation sites (tertiary alicyclic amines) is 1. The number of carbonyl (C=O) groups excluding carboxylic acids is 2. The van der Waals surface area contributed by atoms with Crippen molar-refractivity contribution in [1.82, 2.24) is 10.3 Å². The number of ether oxygens (including phenoxy) is 1. The highest BCUT2D eigenvalue weighted by Crippen LogP contribution is 2.27. The fourth-order valence-corrected chi connectivity index (χ4v) is 3.62. The van der Waals surface area contributed by atoms with Gasteiger partial charge in [0.25, 0.3) is 5.91 Å². The van der Waals surface area contributed by atoms with E-state index >= 15 is 0 Å². The monoisotopic (exact) mass is 457 g/mol. The smallest absolute Gasteiger partial charge is 0.259 e. The van der Waals surface area contributed by atoms with Gasteiger partial charge in [0, 0.05) is 28.9 Å². The molecule has 2 aromatic carbocycles. The second kappa shape index (κ2) is 9.69. The molecule has 3 rings (SSSR count). The summed E-state index contributed by atoms with van der Waals surface area (Å²) >= 11 is 3.42. The summed E-state index contributed by atoms with van der Waals surface area (Å²) in [6, 6.07) is 15.5. The highest BCUT2D eigenvalue weighted by molar-refractivity contribution is 9.10. The van der Waals surface area contributed by atoms with E-state index in [2.05, 4.69) is 26.5 Å². The second-order valence-corrected chi connectivity index (χ2v) is 8.14. The van der Waals surface area contributed by atoms with Gasteiger partial charge in [-0.05, 0) is 37.6 Å². The molecule has 1 fully saturated rings. The summed E-state index contributed by atoms with van der Waals surface area (Å²) < 4.78 is 6.64. The van der Waals surface area contributed by atoms with Gasteiger partial charge >= 0.3 is 0 Å². The van der Waals surface area contributed by atoms with Crippen LogP contribution in [0.25, 0.3) is 0 Å². The molecule has 152 valence electrons. The van der Waals surface area contributed by atoms with Crippen LogP contribution in [-0.4, -0.2) is 42.1 Å². The van der Waals surface area contributed by atoms with Crippen molar-refractivity contribution in [1.29, 1.82) is 0 Å². The lowest BCUT2D eigenvalue weighted by molar-refractivity contribution is -0.133. The Balaban J connectivity index is 1.56. The normalized spacial score (nSPS) is 16.6. The van der Waals surface area contributed by atoms with E-state index in [1.807, 2.05) is 62.4 Å². The summed E-state index contributed by atoms with van der Waals surface area (Å²) in [7, 11) is 0. The number of halogens is 1. The van der Waals surface area contributed by atoms with Crippen LogP contribution >= 0.6 is 15.9 Å². The molecule has 1 aliphatic heterocycles. The molecular weight excluding hydrogens is 434 g/mol. The molecule has 0 bridgehead atoms. The average molecular weight is 458 g/mol. The molecule has 1 aliphatic rings. The SMILES string of the molecule is CC(C)Oc1ccc(Br)cc1/C=N\NC(=O)CN1C[C@H](c2ccccc2)CC1=O. The summed E-state index contributed by atoms with van der Waals surface area (Å²) in [4.78, 5) is 26.1. The van der Waals surface area contributed by atoms with Gasteiger partial charge in [-0.3, -0.25) is 9.59 Å². The van der Waals surface area contributed by atoms with Crippen molar-refractivity contribution >= 4 is 34.0 Å². The van der Waals surface area contributed by atoms with Gasteiger partial charge in [0.05, 0.1) is 12.3 Å². The van der Waals surface area contributed by atoms with Crippen LogP contribution in [0.4, 0.5) is 0 Å². The number of hydrazone groups is 1. The lowest BCUT2D eigenvalue weighted by atomic mass is 9.99. The Morgan fingerprint density at radius 2 is 2.07 bits per heavy atom. The largest absolute Gasteiger partial charge is 0.490 e. The Hall–Kier alpha value is -2.67. The van der Waals surface area contributed by atoms with Gasteiger partial charge in [-0.2, -0.15) is 5.10 Å². The van der Waals surface area contributed by atoms with Gasteiger partial charge in [-0.1, -0.05) is 46.3 Å². The summed E-state index contributed by atoms with van der Waals surface area (Å²) in [5.74, 6) is 0.460. The zero-order valence-electron chi connectivity index (χ0n) is 16.5. The Bertz CT molecular complexity index is 899. The molecule has 0 aliphatic carbocycles. The maximum Gasteiger partial charge on any atom is 0.259 e. The number of hydrogen-bond donors (Lipinski definition) is 1. The van der Waals surface area contributed by atoms with E-state index in [1.54, 1.807) is 11.1 Å². The molecule has 0 spiro atoms. The molecule has 1 atom stereocenters. The molecule has 0 radical (unpaired) electrons. The third-order valence-electron chi connectivity index (χ3n) is 4.55. The van der Waals surface area contributed by atoms with Crippen molar-refractivity contribution in [3.05, 3.63) is 64.1 Å². The number of nitrogens with zero attached hydrogens (tertiary/aromatic N) is 2. The van der Waals surface area contributed by atoms with Crippen LogP contribution in [0.2, 0.25) is 0 Å². The summed E-state index contributed by atoms with van der Waals surface area (Å²) in [6.07, 6.45) is 1.99. The summed E-state index contributed by atoms with van der Waals surface area (Å²) in [5, 5.41) is 4.03. The number of amides is 2. The molecular formula is C22H24BrN3O3. The standard InChI is InChI=1S/C22H24BrN3O3/c1-15(2)29-20-9-8-19(23)10-17(20)12-24-25-21(27)14-26-13-18(11-22(26)28)16-6-4-3-5-7-16/h3-10,12,15,18H,11,13-14H2,1-2H3,(H,25,27)/b24-12-/t18-/m1/s1. The van der Waals surface area contributed by atoms with Gasteiger partial charge in [0.15, 0.2) is 0 Å². The Labute approximate surface area is 179 Å². The van der Waals surface area contributed by atoms with Crippen molar-refractivity contribution < 1.29 is 14.3 Å². The molecule has 2 aromatic rings. The first-order chi connectivity index (χ1) is 13.9. The highest BCUT2D eigenvalue weighted by atomic mass is 79.9.